The number of ether oxygens (including phenoxy) is 1. The Labute approximate surface area is 113 Å². The number of carboxylic acid groups (broad SMARTS) is 1. The van der Waals surface area contributed by atoms with Crippen molar-refractivity contribution in [2.24, 2.45) is 5.92 Å². The number of carbonyl (C=O) groups is 1. The number of alkyl halides is 2. The molecule has 0 bridgehead atoms. The van der Waals surface area contributed by atoms with Gasteiger partial charge in [-0.25, -0.2) is 0 Å². The SMILES string of the molecule is CC(C)C(C(=O)O)c1ccc(OC(F)F)c([N+](=O)[O-])c1. The molecule has 0 aliphatic rings. The van der Waals surface area contributed by atoms with E-state index >= 15 is 0 Å². The summed E-state index contributed by atoms with van der Waals surface area (Å²) in [5.74, 6) is -3.01. The molecule has 0 saturated heterocycles. The molecule has 1 atom stereocenters. The number of rotatable bonds is 6. The zero-order valence-electron chi connectivity index (χ0n) is 10.7. The van der Waals surface area contributed by atoms with Crippen molar-refractivity contribution < 1.29 is 28.3 Å². The number of carboxylic acids is 1. The molecule has 0 radical (unpaired) electrons. The van der Waals surface area contributed by atoms with Crippen molar-refractivity contribution in [1.29, 1.82) is 0 Å². The number of nitro groups is 1. The van der Waals surface area contributed by atoms with Gasteiger partial charge in [-0.05, 0) is 17.5 Å². The number of benzene rings is 1. The van der Waals surface area contributed by atoms with Gasteiger partial charge in [0.25, 0.3) is 0 Å². The highest BCUT2D eigenvalue weighted by molar-refractivity contribution is 5.77. The molecule has 1 N–H and O–H groups in total. The van der Waals surface area contributed by atoms with Gasteiger partial charge in [-0.15, -0.1) is 0 Å². The molecule has 0 spiro atoms. The largest absolute Gasteiger partial charge is 0.481 e. The molecule has 0 aliphatic heterocycles. The third-order valence-electron chi connectivity index (χ3n) is 2.69. The minimum absolute atomic E-state index is 0.167. The lowest BCUT2D eigenvalue weighted by Gasteiger charge is -2.17. The van der Waals surface area contributed by atoms with Crippen LogP contribution in [0, 0.1) is 16.0 Å². The van der Waals surface area contributed by atoms with E-state index in [1.807, 2.05) is 0 Å². The number of nitro benzene ring substituents is 1. The quantitative estimate of drug-likeness (QED) is 0.642. The Morgan fingerprint density at radius 3 is 2.40 bits per heavy atom. The molecule has 8 heteroatoms. The van der Waals surface area contributed by atoms with E-state index in [1.54, 1.807) is 13.8 Å². The molecule has 0 aliphatic carbocycles. The Morgan fingerprint density at radius 1 is 1.40 bits per heavy atom. The van der Waals surface area contributed by atoms with Crippen LogP contribution < -0.4 is 4.74 Å². The maximum absolute atomic E-state index is 12.1. The van der Waals surface area contributed by atoms with E-state index in [0.717, 1.165) is 12.1 Å². The van der Waals surface area contributed by atoms with Crippen molar-refractivity contribution in [1.82, 2.24) is 0 Å². The van der Waals surface area contributed by atoms with E-state index in [-0.39, 0.29) is 11.5 Å². The Hall–Kier alpha value is -2.25. The summed E-state index contributed by atoms with van der Waals surface area (Å²) in [5.41, 5.74) is -0.518. The summed E-state index contributed by atoms with van der Waals surface area (Å²) in [4.78, 5) is 21.1. The van der Waals surface area contributed by atoms with Gasteiger partial charge in [0.05, 0.1) is 10.8 Å². The van der Waals surface area contributed by atoms with Gasteiger partial charge < -0.3 is 9.84 Å². The third-order valence-corrected chi connectivity index (χ3v) is 2.69. The summed E-state index contributed by atoms with van der Waals surface area (Å²) < 4.78 is 28.3. The van der Waals surface area contributed by atoms with E-state index < -0.39 is 34.9 Å². The maximum Gasteiger partial charge on any atom is 0.387 e. The van der Waals surface area contributed by atoms with Crippen molar-refractivity contribution >= 4 is 11.7 Å². The predicted molar refractivity (Wildman–Crippen MR) is 64.9 cm³/mol. The van der Waals surface area contributed by atoms with Gasteiger partial charge >= 0.3 is 18.3 Å². The average Bonchev–Trinajstić information content (AvgIpc) is 2.28. The maximum atomic E-state index is 12.1. The molecule has 0 heterocycles. The van der Waals surface area contributed by atoms with Crippen LogP contribution in [0.15, 0.2) is 18.2 Å². The fourth-order valence-corrected chi connectivity index (χ4v) is 1.88. The summed E-state index contributed by atoms with van der Waals surface area (Å²) in [6.07, 6.45) is 0. The van der Waals surface area contributed by atoms with Crippen LogP contribution in [0.5, 0.6) is 5.75 Å². The molecule has 20 heavy (non-hydrogen) atoms. The minimum Gasteiger partial charge on any atom is -0.481 e. The van der Waals surface area contributed by atoms with Gasteiger partial charge in [0.2, 0.25) is 5.75 Å². The fourth-order valence-electron chi connectivity index (χ4n) is 1.88. The van der Waals surface area contributed by atoms with E-state index in [0.29, 0.717) is 0 Å². The second-order valence-corrected chi connectivity index (χ2v) is 4.42. The second kappa shape index (κ2) is 6.27. The van der Waals surface area contributed by atoms with Crippen LogP contribution in [0.25, 0.3) is 0 Å². The van der Waals surface area contributed by atoms with Crippen LogP contribution in [0.3, 0.4) is 0 Å². The highest BCUT2D eigenvalue weighted by Crippen LogP contribution is 2.34. The van der Waals surface area contributed by atoms with Gasteiger partial charge in [0.15, 0.2) is 0 Å². The zero-order chi connectivity index (χ0) is 15.4. The summed E-state index contributed by atoms with van der Waals surface area (Å²) >= 11 is 0. The molecule has 6 nitrogen and oxygen atoms in total. The Morgan fingerprint density at radius 2 is 2.00 bits per heavy atom. The lowest BCUT2D eigenvalue weighted by molar-refractivity contribution is -0.386. The van der Waals surface area contributed by atoms with Gasteiger partial charge in [-0.2, -0.15) is 8.78 Å². The molecule has 1 rings (SSSR count). The molecular weight excluding hydrogens is 276 g/mol. The average molecular weight is 289 g/mol. The highest BCUT2D eigenvalue weighted by atomic mass is 19.3. The third kappa shape index (κ3) is 3.62. The van der Waals surface area contributed by atoms with E-state index in [2.05, 4.69) is 4.74 Å². The molecule has 1 unspecified atom stereocenters. The minimum atomic E-state index is -3.19. The van der Waals surface area contributed by atoms with Crippen LogP contribution in [0.1, 0.15) is 25.3 Å². The monoisotopic (exact) mass is 289 g/mol. The van der Waals surface area contributed by atoms with Gasteiger partial charge in [-0.1, -0.05) is 19.9 Å². The Bertz CT molecular complexity index is 519. The molecule has 110 valence electrons. The van der Waals surface area contributed by atoms with Gasteiger partial charge in [0.1, 0.15) is 0 Å². The van der Waals surface area contributed by atoms with Crippen LogP contribution in [-0.2, 0) is 4.79 Å². The molecule has 1 aromatic carbocycles. The Balaban J connectivity index is 3.28. The van der Waals surface area contributed by atoms with Crippen LogP contribution in [0.4, 0.5) is 14.5 Å². The Kier molecular flexibility index (Phi) is 4.95. The summed E-state index contributed by atoms with van der Waals surface area (Å²) in [6.45, 7) is 0.0995. The fraction of sp³-hybridized carbons (Fsp3) is 0.417. The van der Waals surface area contributed by atoms with Crippen LogP contribution >= 0.6 is 0 Å². The van der Waals surface area contributed by atoms with E-state index in [9.17, 15) is 23.7 Å². The van der Waals surface area contributed by atoms with Crippen molar-refractivity contribution in [2.45, 2.75) is 26.4 Å². The first-order chi connectivity index (χ1) is 9.23. The number of hydrogen-bond acceptors (Lipinski definition) is 4. The first-order valence-corrected chi connectivity index (χ1v) is 5.70. The zero-order valence-corrected chi connectivity index (χ0v) is 10.7. The molecule has 0 fully saturated rings. The van der Waals surface area contributed by atoms with Crippen LogP contribution in [-0.4, -0.2) is 22.6 Å². The first kappa shape index (κ1) is 15.8. The van der Waals surface area contributed by atoms with E-state index in [4.69, 9.17) is 5.11 Å². The van der Waals surface area contributed by atoms with E-state index in [1.165, 1.54) is 6.07 Å². The first-order valence-electron chi connectivity index (χ1n) is 5.70. The van der Waals surface area contributed by atoms with Crippen molar-refractivity contribution in [3.8, 4) is 5.75 Å². The number of nitrogens with zero attached hydrogens (tertiary/aromatic N) is 1. The van der Waals surface area contributed by atoms with Gasteiger partial charge in [0, 0.05) is 6.07 Å². The number of hydrogen-bond donors (Lipinski definition) is 1. The van der Waals surface area contributed by atoms with Crippen LogP contribution in [0.2, 0.25) is 0 Å². The topological polar surface area (TPSA) is 89.7 Å². The standard InChI is InChI=1S/C12H13F2NO5/c1-6(2)10(11(16)17)7-3-4-9(20-12(13)14)8(5-7)15(18)19/h3-6,10,12H,1-2H3,(H,16,17). The summed E-state index contributed by atoms with van der Waals surface area (Å²) in [7, 11) is 0. The molecular formula is C12H13F2NO5. The lowest BCUT2D eigenvalue weighted by Crippen LogP contribution is -2.17. The second-order valence-electron chi connectivity index (χ2n) is 4.42. The highest BCUT2D eigenvalue weighted by Gasteiger charge is 2.27. The van der Waals surface area contributed by atoms with Crippen molar-refractivity contribution in [3.05, 3.63) is 33.9 Å². The molecule has 0 amide bonds. The predicted octanol–water partition coefficient (Wildman–Crippen LogP) is 3.02. The van der Waals surface area contributed by atoms with Crippen molar-refractivity contribution in [2.75, 3.05) is 0 Å². The van der Waals surface area contributed by atoms with Gasteiger partial charge in [-0.3, -0.25) is 14.9 Å². The number of halogens is 2. The summed E-state index contributed by atoms with van der Waals surface area (Å²) in [5, 5.41) is 20.0. The summed E-state index contributed by atoms with van der Waals surface area (Å²) in [6, 6.07) is 3.18. The molecule has 0 aromatic heterocycles. The smallest absolute Gasteiger partial charge is 0.387 e. The van der Waals surface area contributed by atoms with Crippen molar-refractivity contribution in [3.63, 3.8) is 0 Å². The molecule has 0 saturated carbocycles. The number of aliphatic carboxylic acids is 1. The molecule has 1 aromatic rings. The lowest BCUT2D eigenvalue weighted by atomic mass is 9.88. The normalized spacial score (nSPS) is 12.5.